The highest BCUT2D eigenvalue weighted by Crippen LogP contribution is 2.37. The van der Waals surface area contributed by atoms with Crippen LogP contribution in [0.4, 0.5) is 0 Å². The zero-order valence-electron chi connectivity index (χ0n) is 21.1. The first-order valence-electron chi connectivity index (χ1n) is 10.7. The van der Waals surface area contributed by atoms with Crippen molar-refractivity contribution in [2.24, 2.45) is 0 Å². The molecule has 0 radical (unpaired) electrons. The third kappa shape index (κ3) is 10.2. The summed E-state index contributed by atoms with van der Waals surface area (Å²) < 4.78 is 39.6. The summed E-state index contributed by atoms with van der Waals surface area (Å²) in [6, 6.07) is 0. The molecular weight excluding hydrogens is 485 g/mol. The van der Waals surface area contributed by atoms with Crippen LogP contribution in [0.25, 0.3) is 0 Å². The Hall–Kier alpha value is 1.28. The molecule has 0 N–H and O–H groups in total. The Labute approximate surface area is 187 Å². The molecular formula is C16H46O6Si7. The summed E-state index contributed by atoms with van der Waals surface area (Å²) in [5, 5.41) is 0. The molecule has 0 aromatic carbocycles. The van der Waals surface area contributed by atoms with Crippen molar-refractivity contribution in [3.63, 3.8) is 0 Å². The summed E-state index contributed by atoms with van der Waals surface area (Å²) in [6.45, 7) is 26.7. The highest BCUT2D eigenvalue weighted by atomic mass is 28.5. The summed E-state index contributed by atoms with van der Waals surface area (Å²) in [5.74, 6) is 0. The second-order valence-corrected chi connectivity index (χ2v) is 38.3. The predicted molar refractivity (Wildman–Crippen MR) is 139 cm³/mol. The molecule has 0 aromatic rings. The minimum atomic E-state index is -2.56. The quantitative estimate of drug-likeness (QED) is 0.420. The third-order valence-electron chi connectivity index (χ3n) is 4.70. The minimum absolute atomic E-state index is 0.760. The van der Waals surface area contributed by atoms with Crippen LogP contribution in [-0.2, 0) is 25.3 Å². The molecule has 174 valence electrons. The molecule has 0 saturated carbocycles. The lowest BCUT2D eigenvalue weighted by Crippen LogP contribution is -2.68. The van der Waals surface area contributed by atoms with Crippen molar-refractivity contribution >= 4 is 59.7 Å². The Morgan fingerprint density at radius 2 is 1.10 bits per heavy atom. The van der Waals surface area contributed by atoms with Gasteiger partial charge in [-0.15, -0.1) is 0 Å². The lowest BCUT2D eigenvalue weighted by molar-refractivity contribution is 0.233. The lowest BCUT2D eigenvalue weighted by Gasteiger charge is -2.50. The lowest BCUT2D eigenvalue weighted by atomic mass is 11.7. The van der Waals surface area contributed by atoms with E-state index in [2.05, 4.69) is 78.6 Å². The van der Waals surface area contributed by atoms with Crippen LogP contribution in [0.15, 0.2) is 0 Å². The molecule has 1 saturated heterocycles. The van der Waals surface area contributed by atoms with Crippen LogP contribution in [0.2, 0.25) is 89.9 Å². The molecule has 2 unspecified atom stereocenters. The molecule has 0 bridgehead atoms. The molecule has 0 spiro atoms. The molecule has 13 heteroatoms. The van der Waals surface area contributed by atoms with Crippen LogP contribution in [0.5, 0.6) is 0 Å². The van der Waals surface area contributed by atoms with E-state index in [-0.39, 0.29) is 0 Å². The van der Waals surface area contributed by atoms with Crippen molar-refractivity contribution in [3.8, 4) is 0 Å². The van der Waals surface area contributed by atoms with Crippen molar-refractivity contribution in [1.29, 1.82) is 0 Å². The monoisotopic (exact) mass is 530 g/mol. The standard InChI is InChI=1S/C16H46O6Si7/c1-17-24(4,5)15-28(12)20-26(8,9)19-27(10,11)21-29(13,22-28)16-25(6,7)18-14-23(2)3/h23H,14-16H2,1-13H3. The topological polar surface area (TPSA) is 55.4 Å². The Morgan fingerprint density at radius 3 is 1.48 bits per heavy atom. The molecule has 0 aromatic heterocycles. The molecule has 6 nitrogen and oxygen atoms in total. The summed E-state index contributed by atoms with van der Waals surface area (Å²) in [4.78, 5) is 0. The summed E-state index contributed by atoms with van der Waals surface area (Å²) >= 11 is 0. The number of hydrogen-bond acceptors (Lipinski definition) is 6. The summed E-state index contributed by atoms with van der Waals surface area (Å²) in [5.41, 5.74) is 1.79. The van der Waals surface area contributed by atoms with Gasteiger partial charge in [0.1, 0.15) is 0 Å². The second kappa shape index (κ2) is 9.64. The van der Waals surface area contributed by atoms with Gasteiger partial charge in [-0.1, -0.05) is 13.1 Å². The maximum absolute atomic E-state index is 7.06. The van der Waals surface area contributed by atoms with Gasteiger partial charge in [0.15, 0.2) is 16.6 Å². The average molecular weight is 531 g/mol. The first-order chi connectivity index (χ1) is 12.7. The Bertz CT molecular complexity index is 560. The predicted octanol–water partition coefficient (Wildman–Crippen LogP) is 4.79. The van der Waals surface area contributed by atoms with Crippen molar-refractivity contribution in [1.82, 2.24) is 0 Å². The van der Waals surface area contributed by atoms with Crippen LogP contribution in [0.1, 0.15) is 0 Å². The maximum Gasteiger partial charge on any atom is 0.316 e. The van der Waals surface area contributed by atoms with E-state index in [4.69, 9.17) is 25.3 Å². The van der Waals surface area contributed by atoms with Crippen LogP contribution in [0, 0.1) is 0 Å². The van der Waals surface area contributed by atoms with Crippen LogP contribution >= 0.6 is 0 Å². The first kappa shape index (κ1) is 28.3. The highest BCUT2D eigenvalue weighted by Gasteiger charge is 2.57. The van der Waals surface area contributed by atoms with E-state index in [0.717, 1.165) is 17.6 Å². The van der Waals surface area contributed by atoms with Crippen LogP contribution in [-0.4, -0.2) is 73.0 Å². The smallest absolute Gasteiger partial charge is 0.316 e. The van der Waals surface area contributed by atoms with Gasteiger partial charge >= 0.3 is 34.2 Å². The van der Waals surface area contributed by atoms with E-state index in [0.29, 0.717) is 0 Å². The molecule has 1 fully saturated rings. The fourth-order valence-electron chi connectivity index (χ4n) is 4.38. The fourth-order valence-corrected chi connectivity index (χ4v) is 43.5. The zero-order chi connectivity index (χ0) is 22.9. The average Bonchev–Trinajstić information content (AvgIpc) is 2.38. The molecule has 1 rings (SSSR count). The molecule has 29 heavy (non-hydrogen) atoms. The highest BCUT2D eigenvalue weighted by molar-refractivity contribution is 7.00. The van der Waals surface area contributed by atoms with Crippen molar-refractivity contribution in [2.45, 2.75) is 89.9 Å². The van der Waals surface area contributed by atoms with E-state index in [9.17, 15) is 0 Å². The molecule has 0 amide bonds. The maximum atomic E-state index is 7.06. The summed E-state index contributed by atoms with van der Waals surface area (Å²) in [7, 11) is -12.6. The zero-order valence-corrected chi connectivity index (χ0v) is 28.3. The van der Waals surface area contributed by atoms with Gasteiger partial charge in [0.2, 0.25) is 0 Å². The Morgan fingerprint density at radius 1 is 0.690 bits per heavy atom. The number of hydrogen-bond donors (Lipinski definition) is 0. The van der Waals surface area contributed by atoms with E-state index < -0.39 is 59.7 Å². The number of rotatable bonds is 8. The van der Waals surface area contributed by atoms with E-state index in [1.54, 1.807) is 0 Å². The van der Waals surface area contributed by atoms with Crippen molar-refractivity contribution in [3.05, 3.63) is 0 Å². The van der Waals surface area contributed by atoms with E-state index >= 15 is 0 Å². The van der Waals surface area contributed by atoms with Gasteiger partial charge in [0.05, 0.1) is 8.80 Å². The van der Waals surface area contributed by atoms with E-state index in [1.807, 2.05) is 7.11 Å². The van der Waals surface area contributed by atoms with Gasteiger partial charge in [0.25, 0.3) is 0 Å². The summed E-state index contributed by atoms with van der Waals surface area (Å²) in [6.07, 6.45) is 0.926. The van der Waals surface area contributed by atoms with Gasteiger partial charge in [-0.2, -0.15) is 0 Å². The molecule has 1 aliphatic heterocycles. The fraction of sp³-hybridized carbons (Fsp3) is 1.00. The Kier molecular flexibility index (Phi) is 9.41. The molecule has 2 atom stereocenters. The Balaban J connectivity index is 3.25. The molecule has 1 aliphatic rings. The van der Waals surface area contributed by atoms with Gasteiger partial charge in [-0.05, 0) is 65.5 Å². The third-order valence-corrected chi connectivity index (χ3v) is 34.6. The normalized spacial score (nSPS) is 30.8. The van der Waals surface area contributed by atoms with E-state index in [1.165, 1.54) is 0 Å². The molecule has 0 aliphatic carbocycles. The second-order valence-electron chi connectivity index (χ2n) is 11.3. The van der Waals surface area contributed by atoms with Gasteiger partial charge < -0.3 is 25.3 Å². The van der Waals surface area contributed by atoms with Gasteiger partial charge in [0, 0.05) is 24.7 Å². The minimum Gasteiger partial charge on any atom is -0.421 e. The van der Waals surface area contributed by atoms with Crippen molar-refractivity contribution in [2.75, 3.05) is 13.3 Å². The SMILES string of the molecule is CO[Si](C)(C)C[Si]1(C)O[Si](C)(C)O[Si](C)(C)O[Si](C)(C[Si](C)(C)OC[SiH](C)C)O1. The van der Waals surface area contributed by atoms with Gasteiger partial charge in [-0.25, -0.2) is 0 Å². The molecule has 1 heterocycles. The van der Waals surface area contributed by atoms with Crippen molar-refractivity contribution < 1.29 is 25.3 Å². The van der Waals surface area contributed by atoms with Crippen LogP contribution < -0.4 is 0 Å². The first-order valence-corrected chi connectivity index (χ1v) is 30.8. The largest absolute Gasteiger partial charge is 0.421 e. The van der Waals surface area contributed by atoms with Gasteiger partial charge in [-0.3, -0.25) is 0 Å². The van der Waals surface area contributed by atoms with Crippen LogP contribution in [0.3, 0.4) is 0 Å².